The van der Waals surface area contributed by atoms with E-state index in [1.54, 1.807) is 6.07 Å². The van der Waals surface area contributed by atoms with E-state index in [4.69, 9.17) is 9.47 Å². The third-order valence-electron chi connectivity index (χ3n) is 5.07. The maximum atomic E-state index is 12.4. The third-order valence-corrected chi connectivity index (χ3v) is 5.07. The Kier molecular flexibility index (Phi) is 8.42. The molecule has 0 N–H and O–H groups in total. The van der Waals surface area contributed by atoms with Crippen LogP contribution in [0.4, 0.5) is 5.69 Å². The Balaban J connectivity index is 0.00000140. The molecule has 0 saturated carbocycles. The van der Waals surface area contributed by atoms with E-state index >= 15 is 0 Å². The first-order valence-corrected chi connectivity index (χ1v) is 9.25. The number of anilines is 1. The van der Waals surface area contributed by atoms with Gasteiger partial charge in [0.25, 0.3) is 0 Å². The van der Waals surface area contributed by atoms with Crippen LogP contribution in [0.1, 0.15) is 23.2 Å². The molecule has 0 unspecified atom stereocenters. The maximum Gasteiger partial charge on any atom is 0.231 e. The van der Waals surface area contributed by atoms with Crippen molar-refractivity contribution >= 4 is 36.3 Å². The van der Waals surface area contributed by atoms with Crippen LogP contribution in [0.3, 0.4) is 0 Å². The number of Topliss-reactive ketones (excluding diaryl/α,β-unsaturated/α-hetero) is 1. The van der Waals surface area contributed by atoms with Crippen molar-refractivity contribution < 1.29 is 14.3 Å². The predicted octanol–water partition coefficient (Wildman–Crippen LogP) is 4.04. The zero-order chi connectivity index (χ0) is 17.8. The number of rotatable bonds is 6. The van der Waals surface area contributed by atoms with Gasteiger partial charge in [-0.25, -0.2) is 0 Å². The maximum absolute atomic E-state index is 12.4. The number of para-hydroxylation sites is 1. The highest BCUT2D eigenvalue weighted by molar-refractivity contribution is 5.96. The summed E-state index contributed by atoms with van der Waals surface area (Å²) < 4.78 is 10.6. The molecule has 0 spiro atoms. The van der Waals surface area contributed by atoms with Crippen LogP contribution >= 0.6 is 24.8 Å². The Bertz CT molecular complexity index is 766. The summed E-state index contributed by atoms with van der Waals surface area (Å²) in [6, 6.07) is 16.0. The van der Waals surface area contributed by atoms with E-state index in [2.05, 4.69) is 40.1 Å². The minimum Gasteiger partial charge on any atom is -0.454 e. The van der Waals surface area contributed by atoms with Crippen LogP contribution in [-0.4, -0.2) is 50.2 Å². The van der Waals surface area contributed by atoms with Gasteiger partial charge in [0.15, 0.2) is 17.3 Å². The summed E-state index contributed by atoms with van der Waals surface area (Å²) in [5.41, 5.74) is 2.01. The zero-order valence-electron chi connectivity index (χ0n) is 15.7. The molecule has 2 aliphatic rings. The highest BCUT2D eigenvalue weighted by Crippen LogP contribution is 2.32. The van der Waals surface area contributed by atoms with Crippen molar-refractivity contribution in [3.8, 4) is 11.5 Å². The van der Waals surface area contributed by atoms with Gasteiger partial charge < -0.3 is 14.4 Å². The second kappa shape index (κ2) is 10.6. The molecule has 0 aliphatic carbocycles. The first-order chi connectivity index (χ1) is 12.8. The van der Waals surface area contributed by atoms with Gasteiger partial charge in [0, 0.05) is 43.9 Å². The summed E-state index contributed by atoms with van der Waals surface area (Å²) in [4.78, 5) is 17.3. The average Bonchev–Trinajstić information content (AvgIpc) is 3.17. The molecule has 0 radical (unpaired) electrons. The molecule has 0 aromatic heterocycles. The van der Waals surface area contributed by atoms with E-state index in [9.17, 15) is 4.79 Å². The number of hydrogen-bond acceptors (Lipinski definition) is 5. The number of benzene rings is 2. The van der Waals surface area contributed by atoms with Gasteiger partial charge in [0.1, 0.15) is 0 Å². The van der Waals surface area contributed by atoms with Crippen LogP contribution in [0.2, 0.25) is 0 Å². The SMILES string of the molecule is Cl.Cl.O=C(CCCN1CCN(c2ccccc2)CC1)c1ccc2c(c1)OCO2. The lowest BCUT2D eigenvalue weighted by atomic mass is 10.1. The molecular weight excluding hydrogens is 399 g/mol. The number of piperazine rings is 1. The minimum atomic E-state index is 0. The number of ketones is 1. The van der Waals surface area contributed by atoms with Crippen molar-refractivity contribution in [1.29, 1.82) is 0 Å². The normalized spacial score (nSPS) is 15.5. The molecule has 152 valence electrons. The smallest absolute Gasteiger partial charge is 0.231 e. The van der Waals surface area contributed by atoms with Crippen molar-refractivity contribution in [3.63, 3.8) is 0 Å². The van der Waals surface area contributed by atoms with Gasteiger partial charge >= 0.3 is 0 Å². The van der Waals surface area contributed by atoms with Crippen LogP contribution in [0.25, 0.3) is 0 Å². The number of hydrogen-bond donors (Lipinski definition) is 0. The van der Waals surface area contributed by atoms with Gasteiger partial charge in [-0.2, -0.15) is 0 Å². The van der Waals surface area contributed by atoms with Gasteiger partial charge in [-0.15, -0.1) is 24.8 Å². The largest absolute Gasteiger partial charge is 0.454 e. The molecule has 1 fully saturated rings. The molecule has 0 amide bonds. The first-order valence-electron chi connectivity index (χ1n) is 9.25. The molecule has 0 atom stereocenters. The monoisotopic (exact) mass is 424 g/mol. The molecule has 2 aromatic rings. The van der Waals surface area contributed by atoms with Crippen molar-refractivity contribution in [2.75, 3.05) is 44.4 Å². The lowest BCUT2D eigenvalue weighted by molar-refractivity contribution is 0.0973. The molecule has 1 saturated heterocycles. The topological polar surface area (TPSA) is 42.0 Å². The van der Waals surface area contributed by atoms with Gasteiger partial charge in [-0.1, -0.05) is 18.2 Å². The lowest BCUT2D eigenvalue weighted by Crippen LogP contribution is -2.46. The molecule has 2 aromatic carbocycles. The van der Waals surface area contributed by atoms with E-state index in [1.807, 2.05) is 12.1 Å². The van der Waals surface area contributed by atoms with Crippen molar-refractivity contribution in [2.45, 2.75) is 12.8 Å². The molecule has 2 aliphatic heterocycles. The summed E-state index contributed by atoms with van der Waals surface area (Å²) in [6.07, 6.45) is 1.46. The Morgan fingerprint density at radius 3 is 2.36 bits per heavy atom. The van der Waals surface area contributed by atoms with E-state index < -0.39 is 0 Å². The van der Waals surface area contributed by atoms with Crippen molar-refractivity contribution in [3.05, 3.63) is 54.1 Å². The summed E-state index contributed by atoms with van der Waals surface area (Å²) >= 11 is 0. The van der Waals surface area contributed by atoms with E-state index in [1.165, 1.54) is 5.69 Å². The van der Waals surface area contributed by atoms with Crippen LogP contribution in [0.5, 0.6) is 11.5 Å². The van der Waals surface area contributed by atoms with E-state index in [-0.39, 0.29) is 37.4 Å². The van der Waals surface area contributed by atoms with Gasteiger partial charge in [-0.3, -0.25) is 9.69 Å². The molecule has 4 rings (SSSR count). The number of carbonyl (C=O) groups is 1. The Morgan fingerprint density at radius 2 is 1.61 bits per heavy atom. The molecule has 2 heterocycles. The number of halogens is 2. The highest BCUT2D eigenvalue weighted by Gasteiger charge is 2.18. The fraction of sp³-hybridized carbons (Fsp3) is 0.381. The van der Waals surface area contributed by atoms with E-state index in [0.717, 1.165) is 44.9 Å². The van der Waals surface area contributed by atoms with Gasteiger partial charge in [-0.05, 0) is 43.3 Å². The van der Waals surface area contributed by atoms with E-state index in [0.29, 0.717) is 17.7 Å². The van der Waals surface area contributed by atoms with Crippen LogP contribution in [0.15, 0.2) is 48.5 Å². The Hall–Kier alpha value is -1.95. The van der Waals surface area contributed by atoms with Gasteiger partial charge in [0.2, 0.25) is 6.79 Å². The summed E-state index contributed by atoms with van der Waals surface area (Å²) in [5.74, 6) is 1.57. The Labute approximate surface area is 178 Å². The average molecular weight is 425 g/mol. The summed E-state index contributed by atoms with van der Waals surface area (Å²) in [5, 5.41) is 0. The van der Waals surface area contributed by atoms with Crippen LogP contribution in [-0.2, 0) is 0 Å². The number of nitrogens with zero attached hydrogens (tertiary/aromatic N) is 2. The second-order valence-electron chi connectivity index (χ2n) is 6.76. The lowest BCUT2D eigenvalue weighted by Gasteiger charge is -2.36. The molecule has 0 bridgehead atoms. The molecule has 5 nitrogen and oxygen atoms in total. The molecule has 7 heteroatoms. The van der Waals surface area contributed by atoms with Crippen molar-refractivity contribution in [1.82, 2.24) is 4.90 Å². The molecule has 28 heavy (non-hydrogen) atoms. The van der Waals surface area contributed by atoms with Crippen LogP contribution < -0.4 is 14.4 Å². The fourth-order valence-electron chi connectivity index (χ4n) is 3.55. The van der Waals surface area contributed by atoms with Crippen LogP contribution in [0, 0.1) is 0 Å². The predicted molar refractivity (Wildman–Crippen MR) is 116 cm³/mol. The third kappa shape index (κ3) is 5.31. The number of ether oxygens (including phenoxy) is 2. The number of carbonyl (C=O) groups excluding carboxylic acids is 1. The summed E-state index contributed by atoms with van der Waals surface area (Å²) in [6.45, 7) is 5.39. The zero-order valence-corrected chi connectivity index (χ0v) is 17.3. The minimum absolute atomic E-state index is 0. The number of fused-ring (bicyclic) bond motifs is 1. The standard InChI is InChI=1S/C21H24N2O3.2ClH/c24-19(17-8-9-20-21(15-17)26-16-25-20)7-4-10-22-11-13-23(14-12-22)18-5-2-1-3-6-18;;/h1-3,5-6,8-9,15H,4,7,10-14,16H2;2*1H. The fourth-order valence-corrected chi connectivity index (χ4v) is 3.55. The highest BCUT2D eigenvalue weighted by atomic mass is 35.5. The van der Waals surface area contributed by atoms with Gasteiger partial charge in [0.05, 0.1) is 0 Å². The quantitative estimate of drug-likeness (QED) is 0.654. The second-order valence-corrected chi connectivity index (χ2v) is 6.76. The summed E-state index contributed by atoms with van der Waals surface area (Å²) in [7, 11) is 0. The Morgan fingerprint density at radius 1 is 0.893 bits per heavy atom. The molecular formula is C21H26Cl2N2O3. The first kappa shape index (κ1) is 22.3. The van der Waals surface area contributed by atoms with Crippen molar-refractivity contribution in [2.24, 2.45) is 0 Å².